The number of amides is 2. The number of nitrogens with zero attached hydrogens (tertiary/aromatic N) is 2. The van der Waals surface area contributed by atoms with Gasteiger partial charge in [-0.1, -0.05) is 53.7 Å². The summed E-state index contributed by atoms with van der Waals surface area (Å²) in [6.45, 7) is 0.496. The van der Waals surface area contributed by atoms with E-state index >= 15 is 0 Å². The molecule has 1 N–H and O–H groups in total. The lowest BCUT2D eigenvalue weighted by Crippen LogP contribution is -2.52. The highest BCUT2D eigenvalue weighted by Crippen LogP contribution is 2.37. The van der Waals surface area contributed by atoms with Crippen molar-refractivity contribution in [3.63, 3.8) is 0 Å². The van der Waals surface area contributed by atoms with Gasteiger partial charge in [0.2, 0.25) is 21.8 Å². The number of carbonyl (C=O) groups is 2. The molecule has 0 aromatic heterocycles. The number of alkyl halides is 3. The molecule has 7 nitrogen and oxygen atoms in total. The zero-order valence-corrected chi connectivity index (χ0v) is 24.1. The van der Waals surface area contributed by atoms with Crippen LogP contribution in [0.25, 0.3) is 0 Å². The molecule has 1 aliphatic rings. The van der Waals surface area contributed by atoms with E-state index in [1.165, 1.54) is 19.1 Å². The summed E-state index contributed by atoms with van der Waals surface area (Å²) in [6.07, 6.45) is -0.543. The largest absolute Gasteiger partial charge is 0.417 e. The lowest BCUT2D eigenvalue weighted by Gasteiger charge is -2.32. The van der Waals surface area contributed by atoms with Crippen LogP contribution in [0, 0.1) is 0 Å². The maximum absolute atomic E-state index is 13.6. The molecule has 3 rings (SSSR count). The third kappa shape index (κ3) is 8.15. The first-order valence-electron chi connectivity index (χ1n) is 12.0. The maximum atomic E-state index is 13.6. The first-order chi connectivity index (χ1) is 18.1. The summed E-state index contributed by atoms with van der Waals surface area (Å²) in [5.41, 5.74) is -1.14. The molecule has 0 saturated heterocycles. The molecule has 0 heterocycles. The van der Waals surface area contributed by atoms with Crippen LogP contribution < -0.4 is 9.62 Å². The van der Waals surface area contributed by atoms with E-state index in [0.29, 0.717) is 15.9 Å². The summed E-state index contributed by atoms with van der Waals surface area (Å²) < 4.78 is 66.2. The van der Waals surface area contributed by atoms with Crippen LogP contribution in [-0.4, -0.2) is 50.0 Å². The van der Waals surface area contributed by atoms with Gasteiger partial charge in [0.15, 0.2) is 0 Å². The molecule has 0 bridgehead atoms. The standard InChI is InChI=1S/C25H27Cl3F3N3O4S/c1-15(24(36)32-17-5-3-4-6-17)33(13-16-7-9-21(27)22(28)11-16)23(35)14-34(39(2,37)38)18-8-10-20(26)19(12-18)25(29,30)31/h7-12,15,17H,3-6,13-14H2,1-2H3,(H,32,36)/t15-/m1/s1. The Morgan fingerprint density at radius 3 is 2.21 bits per heavy atom. The number of rotatable bonds is 9. The monoisotopic (exact) mass is 627 g/mol. The lowest BCUT2D eigenvalue weighted by atomic mass is 10.1. The molecule has 0 unspecified atom stereocenters. The number of nitrogens with one attached hydrogen (secondary N) is 1. The van der Waals surface area contributed by atoms with E-state index in [1.807, 2.05) is 0 Å². The maximum Gasteiger partial charge on any atom is 0.417 e. The molecule has 1 fully saturated rings. The summed E-state index contributed by atoms with van der Waals surface area (Å²) in [6, 6.07) is 6.10. The Kier molecular flexibility index (Phi) is 10.1. The molecule has 0 spiro atoms. The molecule has 1 aliphatic carbocycles. The molecule has 0 radical (unpaired) electrons. The molecule has 1 atom stereocenters. The normalized spacial score (nSPS) is 15.2. The average molecular weight is 629 g/mol. The molecule has 2 aromatic carbocycles. The first kappa shape index (κ1) is 31.3. The fourth-order valence-corrected chi connectivity index (χ4v) is 5.70. The minimum absolute atomic E-state index is 0.0377. The van der Waals surface area contributed by atoms with Crippen molar-refractivity contribution in [1.29, 1.82) is 0 Å². The predicted molar refractivity (Wildman–Crippen MR) is 146 cm³/mol. The molecule has 1 saturated carbocycles. The molecular formula is C25H27Cl3F3N3O4S. The number of sulfonamides is 1. The van der Waals surface area contributed by atoms with E-state index in [4.69, 9.17) is 34.8 Å². The average Bonchev–Trinajstić information content (AvgIpc) is 3.34. The summed E-state index contributed by atoms with van der Waals surface area (Å²) in [4.78, 5) is 27.8. The molecule has 14 heteroatoms. The van der Waals surface area contributed by atoms with E-state index in [2.05, 4.69) is 5.32 Å². The minimum Gasteiger partial charge on any atom is -0.352 e. The van der Waals surface area contributed by atoms with Gasteiger partial charge in [-0.25, -0.2) is 8.42 Å². The third-order valence-electron chi connectivity index (χ3n) is 6.43. The van der Waals surface area contributed by atoms with E-state index in [1.54, 1.807) is 6.07 Å². The molecule has 2 amide bonds. The van der Waals surface area contributed by atoms with Crippen LogP contribution in [0.4, 0.5) is 18.9 Å². The van der Waals surface area contributed by atoms with Crippen molar-refractivity contribution in [3.8, 4) is 0 Å². The lowest BCUT2D eigenvalue weighted by molar-refractivity contribution is -0.139. The second-order valence-corrected chi connectivity index (χ2v) is 12.5. The molecule has 39 heavy (non-hydrogen) atoms. The summed E-state index contributed by atoms with van der Waals surface area (Å²) >= 11 is 17.8. The Hall–Kier alpha value is -2.21. The van der Waals surface area contributed by atoms with Crippen molar-refractivity contribution in [2.45, 2.75) is 57.4 Å². The molecule has 2 aromatic rings. The SMILES string of the molecule is C[C@H](C(=O)NC1CCCC1)N(Cc1ccc(Cl)c(Cl)c1)C(=O)CN(c1ccc(Cl)c(C(F)(F)F)c1)S(C)(=O)=O. The highest BCUT2D eigenvalue weighted by molar-refractivity contribution is 7.92. The van der Waals surface area contributed by atoms with E-state index < -0.39 is 56.9 Å². The van der Waals surface area contributed by atoms with Gasteiger partial charge in [-0.2, -0.15) is 13.2 Å². The van der Waals surface area contributed by atoms with E-state index in [9.17, 15) is 31.2 Å². The molecular weight excluding hydrogens is 602 g/mol. The predicted octanol–water partition coefficient (Wildman–Crippen LogP) is 5.91. The van der Waals surface area contributed by atoms with Crippen LogP contribution in [0.1, 0.15) is 43.7 Å². The Morgan fingerprint density at radius 1 is 1.03 bits per heavy atom. The second kappa shape index (κ2) is 12.5. The van der Waals surface area contributed by atoms with Crippen molar-refractivity contribution in [2.75, 3.05) is 17.1 Å². The summed E-state index contributed by atoms with van der Waals surface area (Å²) in [5.74, 6) is -1.25. The molecule has 0 aliphatic heterocycles. The second-order valence-electron chi connectivity index (χ2n) is 9.37. The number of hydrogen-bond acceptors (Lipinski definition) is 4. The third-order valence-corrected chi connectivity index (χ3v) is 8.64. The van der Waals surface area contributed by atoms with Gasteiger partial charge in [0.25, 0.3) is 0 Å². The van der Waals surface area contributed by atoms with Crippen molar-refractivity contribution < 1.29 is 31.2 Å². The zero-order chi connectivity index (χ0) is 29.1. The fourth-order valence-electron chi connectivity index (χ4n) is 4.31. The van der Waals surface area contributed by atoms with Gasteiger partial charge in [-0.15, -0.1) is 0 Å². The molecule has 214 valence electrons. The van der Waals surface area contributed by atoms with E-state index in [-0.39, 0.29) is 22.6 Å². The Bertz CT molecular complexity index is 1340. The first-order valence-corrected chi connectivity index (χ1v) is 14.9. The Balaban J connectivity index is 1.96. The van der Waals surface area contributed by atoms with E-state index in [0.717, 1.165) is 49.0 Å². The minimum atomic E-state index is -4.85. The van der Waals surface area contributed by atoms with Crippen molar-refractivity contribution in [3.05, 3.63) is 62.6 Å². The van der Waals surface area contributed by atoms with Crippen molar-refractivity contribution in [2.24, 2.45) is 0 Å². The van der Waals surface area contributed by atoms with Crippen molar-refractivity contribution in [1.82, 2.24) is 10.2 Å². The number of benzene rings is 2. The smallest absolute Gasteiger partial charge is 0.352 e. The number of carbonyl (C=O) groups excluding carboxylic acids is 2. The number of anilines is 1. The van der Waals surface area contributed by atoms with Gasteiger partial charge >= 0.3 is 6.18 Å². The van der Waals surface area contributed by atoms with Crippen LogP contribution >= 0.6 is 34.8 Å². The van der Waals surface area contributed by atoms with Gasteiger partial charge in [0.05, 0.1) is 32.6 Å². The zero-order valence-electron chi connectivity index (χ0n) is 21.1. The van der Waals surface area contributed by atoms with Crippen LogP contribution in [0.5, 0.6) is 0 Å². The van der Waals surface area contributed by atoms with Crippen LogP contribution in [0.3, 0.4) is 0 Å². The van der Waals surface area contributed by atoms with Crippen molar-refractivity contribution >= 4 is 62.3 Å². The number of halogens is 6. The quantitative estimate of drug-likeness (QED) is 0.374. The fraction of sp³-hybridized carbons (Fsp3) is 0.440. The van der Waals surface area contributed by atoms with Crippen LogP contribution in [-0.2, 0) is 32.3 Å². The van der Waals surface area contributed by atoms with Gasteiger partial charge < -0.3 is 10.2 Å². The highest BCUT2D eigenvalue weighted by atomic mass is 35.5. The summed E-state index contributed by atoms with van der Waals surface area (Å²) in [5, 5.41) is 2.78. The van der Waals surface area contributed by atoms with Gasteiger partial charge in [0, 0.05) is 12.6 Å². The van der Waals surface area contributed by atoms with Gasteiger partial charge in [-0.3, -0.25) is 13.9 Å². The van der Waals surface area contributed by atoms with Crippen LogP contribution in [0.2, 0.25) is 15.1 Å². The number of hydrogen-bond donors (Lipinski definition) is 1. The van der Waals surface area contributed by atoms with Gasteiger partial charge in [0.1, 0.15) is 12.6 Å². The van der Waals surface area contributed by atoms with Gasteiger partial charge in [-0.05, 0) is 55.7 Å². The Morgan fingerprint density at radius 2 is 1.64 bits per heavy atom. The van der Waals surface area contributed by atoms with Crippen LogP contribution in [0.15, 0.2) is 36.4 Å². The highest BCUT2D eigenvalue weighted by Gasteiger charge is 2.36. The Labute approximate surface area is 240 Å². The summed E-state index contributed by atoms with van der Waals surface area (Å²) in [7, 11) is -4.24. The topological polar surface area (TPSA) is 86.8 Å².